The summed E-state index contributed by atoms with van der Waals surface area (Å²) in [4.78, 5) is 11.0. The van der Waals surface area contributed by atoms with E-state index < -0.39 is 0 Å². The van der Waals surface area contributed by atoms with Crippen molar-refractivity contribution in [2.24, 2.45) is 0 Å². The lowest BCUT2D eigenvalue weighted by Crippen LogP contribution is -1.98. The highest BCUT2D eigenvalue weighted by atomic mass is 16.5. The maximum absolute atomic E-state index is 11.0. The number of hydrogen-bond donors (Lipinski definition) is 0. The molecule has 0 aliphatic rings. The summed E-state index contributed by atoms with van der Waals surface area (Å²) in [6.45, 7) is 3.57. The smallest absolute Gasteiger partial charge is 0.330 e. The van der Waals surface area contributed by atoms with Gasteiger partial charge in [0.25, 0.3) is 0 Å². The molecule has 1 aromatic rings. The van der Waals surface area contributed by atoms with Crippen LogP contribution in [0.25, 0.3) is 0 Å². The third-order valence-electron chi connectivity index (χ3n) is 3.10. The molecule has 0 radical (unpaired) electrons. The fraction of sp³-hybridized carbons (Fsp3) is 0.421. The first-order valence-electron chi connectivity index (χ1n) is 7.97. The molecule has 0 bridgehead atoms. The molecule has 0 unspecified atom stereocenters. The highest BCUT2D eigenvalue weighted by Crippen LogP contribution is 2.12. The third kappa shape index (κ3) is 9.53. The van der Waals surface area contributed by atoms with E-state index in [0.717, 1.165) is 37.2 Å². The number of hydrogen-bond acceptors (Lipinski definition) is 4. The molecular weight excluding hydrogens is 292 g/mol. The molecule has 0 saturated heterocycles. The van der Waals surface area contributed by atoms with Crippen molar-refractivity contribution < 1.29 is 19.0 Å². The van der Waals surface area contributed by atoms with Crippen LogP contribution in [0, 0.1) is 0 Å². The van der Waals surface area contributed by atoms with Crippen molar-refractivity contribution in [3.63, 3.8) is 0 Å². The number of esters is 1. The molecule has 0 aromatic heterocycles. The molecule has 23 heavy (non-hydrogen) atoms. The molecule has 1 rings (SSSR count). The largest absolute Gasteiger partial charge is 0.497 e. The maximum Gasteiger partial charge on any atom is 0.330 e. The summed E-state index contributed by atoms with van der Waals surface area (Å²) in [5, 5.41) is 0. The van der Waals surface area contributed by atoms with E-state index in [0.29, 0.717) is 13.2 Å². The number of carbonyl (C=O) groups excluding carboxylic acids is 1. The fourth-order valence-electron chi connectivity index (χ4n) is 1.88. The Balaban J connectivity index is 2.01. The van der Waals surface area contributed by atoms with E-state index in [1.807, 2.05) is 36.4 Å². The number of unbranched alkanes of at least 4 members (excludes halogenated alkanes) is 2. The fourth-order valence-corrected chi connectivity index (χ4v) is 1.88. The Kier molecular flexibility index (Phi) is 10.3. The first kappa shape index (κ1) is 19.0. The van der Waals surface area contributed by atoms with Crippen LogP contribution in [-0.4, -0.2) is 26.3 Å². The molecule has 0 amide bonds. The lowest BCUT2D eigenvalue weighted by molar-refractivity contribution is -0.137. The van der Waals surface area contributed by atoms with Crippen molar-refractivity contribution in [2.75, 3.05) is 20.3 Å². The Hall–Kier alpha value is -2.07. The highest BCUT2D eigenvalue weighted by molar-refractivity contribution is 5.82. The van der Waals surface area contributed by atoms with Crippen molar-refractivity contribution in [3.05, 3.63) is 54.1 Å². The summed E-state index contributed by atoms with van der Waals surface area (Å²) in [7, 11) is 1.66. The topological polar surface area (TPSA) is 44.8 Å². The minimum absolute atomic E-state index is 0.302. The summed E-state index contributed by atoms with van der Waals surface area (Å²) < 4.78 is 15.5. The minimum atomic E-state index is -0.302. The van der Waals surface area contributed by atoms with E-state index >= 15 is 0 Å². The summed E-state index contributed by atoms with van der Waals surface area (Å²) in [5.41, 5.74) is 1.15. The molecule has 0 saturated carbocycles. The van der Waals surface area contributed by atoms with Crippen LogP contribution in [0.3, 0.4) is 0 Å². The molecule has 0 aliphatic heterocycles. The second-order valence-electron chi connectivity index (χ2n) is 4.94. The Morgan fingerprint density at radius 1 is 1.13 bits per heavy atom. The maximum atomic E-state index is 11.0. The molecule has 0 heterocycles. The lowest BCUT2D eigenvalue weighted by atomic mass is 10.2. The van der Waals surface area contributed by atoms with E-state index in [1.54, 1.807) is 20.1 Å². The van der Waals surface area contributed by atoms with Gasteiger partial charge < -0.3 is 14.2 Å². The standard InChI is InChI=1S/C19H26O4/c1-3-23-19(20)10-8-6-4-5-7-9-15-22-16-17-11-13-18(21-2)14-12-17/h4,6,8,10-14H,3,5,7,9,15-16H2,1-2H3/b6-4+,10-8+. The van der Waals surface area contributed by atoms with Crippen LogP contribution in [0.1, 0.15) is 31.7 Å². The summed E-state index contributed by atoms with van der Waals surface area (Å²) >= 11 is 0. The van der Waals surface area contributed by atoms with Gasteiger partial charge in [0.1, 0.15) is 5.75 Å². The highest BCUT2D eigenvalue weighted by Gasteiger charge is 1.95. The Morgan fingerprint density at radius 2 is 1.91 bits per heavy atom. The Morgan fingerprint density at radius 3 is 2.61 bits per heavy atom. The van der Waals surface area contributed by atoms with Crippen LogP contribution in [0.2, 0.25) is 0 Å². The summed E-state index contributed by atoms with van der Waals surface area (Å²) in [6, 6.07) is 7.90. The lowest BCUT2D eigenvalue weighted by Gasteiger charge is -2.05. The van der Waals surface area contributed by atoms with Crippen molar-refractivity contribution in [3.8, 4) is 5.75 Å². The van der Waals surface area contributed by atoms with Crippen LogP contribution in [0.4, 0.5) is 0 Å². The van der Waals surface area contributed by atoms with Gasteiger partial charge in [0.2, 0.25) is 0 Å². The molecule has 0 atom stereocenters. The molecule has 0 aliphatic carbocycles. The molecular formula is C19H26O4. The van der Waals surface area contributed by atoms with E-state index in [4.69, 9.17) is 14.2 Å². The predicted molar refractivity (Wildman–Crippen MR) is 91.4 cm³/mol. The van der Waals surface area contributed by atoms with Crippen LogP contribution >= 0.6 is 0 Å². The van der Waals surface area contributed by atoms with Gasteiger partial charge in [-0.1, -0.05) is 30.4 Å². The molecule has 0 spiro atoms. The molecule has 1 aromatic carbocycles. The molecule has 0 N–H and O–H groups in total. The number of allylic oxidation sites excluding steroid dienone is 3. The Bertz CT molecular complexity index is 489. The zero-order valence-corrected chi connectivity index (χ0v) is 14.0. The average Bonchev–Trinajstić information content (AvgIpc) is 2.57. The second-order valence-corrected chi connectivity index (χ2v) is 4.94. The molecule has 4 nitrogen and oxygen atoms in total. The number of carbonyl (C=O) groups is 1. The van der Waals surface area contributed by atoms with Crippen molar-refractivity contribution in [2.45, 2.75) is 32.8 Å². The summed E-state index contributed by atoms with van der Waals surface area (Å²) in [5.74, 6) is 0.557. The third-order valence-corrected chi connectivity index (χ3v) is 3.10. The zero-order chi connectivity index (χ0) is 16.8. The Labute approximate surface area is 138 Å². The summed E-state index contributed by atoms with van der Waals surface area (Å²) in [6.07, 6.45) is 10.1. The van der Waals surface area contributed by atoms with Crippen LogP contribution in [0.5, 0.6) is 5.75 Å². The van der Waals surface area contributed by atoms with Gasteiger partial charge in [-0.3, -0.25) is 0 Å². The second kappa shape index (κ2) is 12.5. The van der Waals surface area contributed by atoms with Crippen LogP contribution < -0.4 is 4.74 Å². The number of methoxy groups -OCH3 is 1. The molecule has 126 valence electrons. The van der Waals surface area contributed by atoms with Gasteiger partial charge in [0.15, 0.2) is 0 Å². The van der Waals surface area contributed by atoms with Gasteiger partial charge in [-0.05, 0) is 43.9 Å². The van der Waals surface area contributed by atoms with Gasteiger partial charge in [0, 0.05) is 12.7 Å². The van der Waals surface area contributed by atoms with Gasteiger partial charge in [0.05, 0.1) is 20.3 Å². The van der Waals surface area contributed by atoms with E-state index in [2.05, 4.69) is 0 Å². The molecule has 0 fully saturated rings. The number of rotatable bonds is 11. The predicted octanol–water partition coefficient (Wildman–Crippen LogP) is 4.06. The first-order valence-corrected chi connectivity index (χ1v) is 7.97. The van der Waals surface area contributed by atoms with Gasteiger partial charge in [-0.2, -0.15) is 0 Å². The van der Waals surface area contributed by atoms with E-state index in [1.165, 1.54) is 6.08 Å². The number of benzene rings is 1. The van der Waals surface area contributed by atoms with Crippen molar-refractivity contribution in [1.82, 2.24) is 0 Å². The van der Waals surface area contributed by atoms with E-state index in [-0.39, 0.29) is 5.97 Å². The van der Waals surface area contributed by atoms with Crippen molar-refractivity contribution >= 4 is 5.97 Å². The van der Waals surface area contributed by atoms with Gasteiger partial charge >= 0.3 is 5.97 Å². The minimum Gasteiger partial charge on any atom is -0.497 e. The quantitative estimate of drug-likeness (QED) is 0.267. The molecule has 4 heteroatoms. The van der Waals surface area contributed by atoms with Crippen LogP contribution in [0.15, 0.2) is 48.6 Å². The van der Waals surface area contributed by atoms with Gasteiger partial charge in [-0.25, -0.2) is 4.79 Å². The first-order chi connectivity index (χ1) is 11.3. The van der Waals surface area contributed by atoms with Crippen LogP contribution in [-0.2, 0) is 20.9 Å². The number of ether oxygens (including phenoxy) is 3. The van der Waals surface area contributed by atoms with E-state index in [9.17, 15) is 4.79 Å². The zero-order valence-electron chi connectivity index (χ0n) is 14.0. The van der Waals surface area contributed by atoms with Crippen molar-refractivity contribution in [1.29, 1.82) is 0 Å². The monoisotopic (exact) mass is 318 g/mol. The SMILES string of the molecule is CCOC(=O)/C=C/C=C/CCCCOCc1ccc(OC)cc1. The van der Waals surface area contributed by atoms with Gasteiger partial charge in [-0.15, -0.1) is 0 Å². The average molecular weight is 318 g/mol. The normalized spacial score (nSPS) is 11.2.